The normalized spacial score (nSPS) is 9.86. The molecule has 0 amide bonds. The van der Waals surface area contributed by atoms with Crippen LogP contribution in [0.1, 0.15) is 36.2 Å². The summed E-state index contributed by atoms with van der Waals surface area (Å²) in [5.74, 6) is 0.903. The molecule has 76 valence electrons. The number of ether oxygens (including phenoxy) is 1. The lowest BCUT2D eigenvalue weighted by Crippen LogP contribution is -1.97. The van der Waals surface area contributed by atoms with Gasteiger partial charge in [0.1, 0.15) is 12.0 Å². The monoisotopic (exact) mass is 192 g/mol. The molecule has 0 saturated carbocycles. The molecule has 0 aliphatic heterocycles. The standard InChI is InChI=1S/C12H16O2/c1-3-5-11-8-10(9-13)6-7-12(11)14-4-2/h6-9H,3-5H2,1-2H3. The summed E-state index contributed by atoms with van der Waals surface area (Å²) in [7, 11) is 0. The van der Waals surface area contributed by atoms with E-state index < -0.39 is 0 Å². The van der Waals surface area contributed by atoms with Gasteiger partial charge in [0.2, 0.25) is 0 Å². The second-order valence-electron chi connectivity index (χ2n) is 3.17. The fourth-order valence-electron chi connectivity index (χ4n) is 1.43. The highest BCUT2D eigenvalue weighted by Gasteiger charge is 2.03. The van der Waals surface area contributed by atoms with E-state index in [1.165, 1.54) is 0 Å². The molecule has 0 atom stereocenters. The molecule has 0 bridgehead atoms. The van der Waals surface area contributed by atoms with Crippen LogP contribution in [0.15, 0.2) is 18.2 Å². The minimum Gasteiger partial charge on any atom is -0.494 e. The Bertz CT molecular complexity index is 305. The van der Waals surface area contributed by atoms with Crippen LogP contribution in [0.5, 0.6) is 5.75 Å². The van der Waals surface area contributed by atoms with E-state index in [-0.39, 0.29) is 0 Å². The maximum atomic E-state index is 10.6. The molecule has 0 N–H and O–H groups in total. The Hall–Kier alpha value is -1.31. The summed E-state index contributed by atoms with van der Waals surface area (Å²) in [4.78, 5) is 10.6. The number of hydrogen-bond donors (Lipinski definition) is 0. The fourth-order valence-corrected chi connectivity index (χ4v) is 1.43. The number of carbonyl (C=O) groups is 1. The first kappa shape index (κ1) is 10.8. The third-order valence-corrected chi connectivity index (χ3v) is 2.04. The predicted octanol–water partition coefficient (Wildman–Crippen LogP) is 2.85. The molecule has 1 rings (SSSR count). The van der Waals surface area contributed by atoms with Crippen molar-refractivity contribution in [2.24, 2.45) is 0 Å². The number of benzene rings is 1. The van der Waals surface area contributed by atoms with E-state index >= 15 is 0 Å². The van der Waals surface area contributed by atoms with Crippen LogP contribution in [0, 0.1) is 0 Å². The molecule has 0 unspecified atom stereocenters. The molecule has 0 aromatic heterocycles. The van der Waals surface area contributed by atoms with Gasteiger partial charge < -0.3 is 4.74 Å². The molecule has 0 fully saturated rings. The van der Waals surface area contributed by atoms with Gasteiger partial charge in [-0.15, -0.1) is 0 Å². The van der Waals surface area contributed by atoms with Crippen molar-refractivity contribution in [3.63, 3.8) is 0 Å². The van der Waals surface area contributed by atoms with Gasteiger partial charge in [0.25, 0.3) is 0 Å². The zero-order valence-electron chi connectivity index (χ0n) is 8.75. The van der Waals surface area contributed by atoms with Crippen molar-refractivity contribution < 1.29 is 9.53 Å². The summed E-state index contributed by atoms with van der Waals surface area (Å²) in [5.41, 5.74) is 1.84. The van der Waals surface area contributed by atoms with Crippen molar-refractivity contribution in [3.8, 4) is 5.75 Å². The first-order chi connectivity index (χ1) is 6.81. The van der Waals surface area contributed by atoms with Gasteiger partial charge in [-0.3, -0.25) is 4.79 Å². The number of carbonyl (C=O) groups excluding carboxylic acids is 1. The number of hydrogen-bond acceptors (Lipinski definition) is 2. The Morgan fingerprint density at radius 2 is 2.14 bits per heavy atom. The Kier molecular flexibility index (Phi) is 4.17. The summed E-state index contributed by atoms with van der Waals surface area (Å²) in [6.45, 7) is 4.74. The third kappa shape index (κ3) is 2.59. The van der Waals surface area contributed by atoms with E-state index in [1.807, 2.05) is 19.1 Å². The maximum Gasteiger partial charge on any atom is 0.150 e. The Balaban J connectivity index is 2.96. The van der Waals surface area contributed by atoms with Crippen LogP contribution in [-0.2, 0) is 6.42 Å². The van der Waals surface area contributed by atoms with Gasteiger partial charge in [-0.2, -0.15) is 0 Å². The molecule has 0 radical (unpaired) electrons. The molecule has 0 heterocycles. The number of aryl methyl sites for hydroxylation is 1. The van der Waals surface area contributed by atoms with Crippen molar-refractivity contribution in [3.05, 3.63) is 29.3 Å². The highest BCUT2D eigenvalue weighted by Crippen LogP contribution is 2.21. The van der Waals surface area contributed by atoms with Gasteiger partial charge in [-0.05, 0) is 37.1 Å². The summed E-state index contributed by atoms with van der Waals surface area (Å²) in [5, 5.41) is 0. The van der Waals surface area contributed by atoms with Crippen LogP contribution in [0.4, 0.5) is 0 Å². The summed E-state index contributed by atoms with van der Waals surface area (Å²) >= 11 is 0. The molecule has 0 spiro atoms. The lowest BCUT2D eigenvalue weighted by atomic mass is 10.1. The lowest BCUT2D eigenvalue weighted by Gasteiger charge is -2.09. The molecule has 2 heteroatoms. The van der Waals surface area contributed by atoms with Crippen LogP contribution in [0.25, 0.3) is 0 Å². The predicted molar refractivity (Wildman–Crippen MR) is 57.0 cm³/mol. The van der Waals surface area contributed by atoms with Crippen LogP contribution < -0.4 is 4.74 Å². The maximum absolute atomic E-state index is 10.6. The minimum atomic E-state index is 0.664. The second-order valence-corrected chi connectivity index (χ2v) is 3.17. The van der Waals surface area contributed by atoms with E-state index in [2.05, 4.69) is 6.92 Å². The molecule has 0 saturated heterocycles. The van der Waals surface area contributed by atoms with Crippen molar-refractivity contribution in [2.45, 2.75) is 26.7 Å². The van der Waals surface area contributed by atoms with E-state index in [0.29, 0.717) is 6.61 Å². The van der Waals surface area contributed by atoms with E-state index in [4.69, 9.17) is 4.74 Å². The molecule has 1 aromatic rings. The van der Waals surface area contributed by atoms with Crippen molar-refractivity contribution in [1.82, 2.24) is 0 Å². The van der Waals surface area contributed by atoms with Crippen LogP contribution >= 0.6 is 0 Å². The number of aldehydes is 1. The quantitative estimate of drug-likeness (QED) is 0.670. The molecule has 0 aliphatic rings. The van der Waals surface area contributed by atoms with E-state index in [0.717, 1.165) is 36.0 Å². The van der Waals surface area contributed by atoms with Crippen molar-refractivity contribution >= 4 is 6.29 Å². The van der Waals surface area contributed by atoms with Crippen molar-refractivity contribution in [2.75, 3.05) is 6.61 Å². The zero-order chi connectivity index (χ0) is 10.4. The summed E-state index contributed by atoms with van der Waals surface area (Å²) < 4.78 is 5.47. The topological polar surface area (TPSA) is 26.3 Å². The first-order valence-corrected chi connectivity index (χ1v) is 5.02. The third-order valence-electron chi connectivity index (χ3n) is 2.04. The summed E-state index contributed by atoms with van der Waals surface area (Å²) in [6.07, 6.45) is 2.88. The van der Waals surface area contributed by atoms with Gasteiger partial charge in [-0.1, -0.05) is 13.3 Å². The highest BCUT2D eigenvalue weighted by molar-refractivity contribution is 5.75. The second kappa shape index (κ2) is 5.43. The van der Waals surface area contributed by atoms with Gasteiger partial charge in [0.15, 0.2) is 0 Å². The van der Waals surface area contributed by atoms with Crippen LogP contribution in [0.2, 0.25) is 0 Å². The molecule has 14 heavy (non-hydrogen) atoms. The molecule has 0 aliphatic carbocycles. The largest absolute Gasteiger partial charge is 0.494 e. The molecule has 2 nitrogen and oxygen atoms in total. The summed E-state index contributed by atoms with van der Waals surface area (Å²) in [6, 6.07) is 5.57. The average molecular weight is 192 g/mol. The Morgan fingerprint density at radius 1 is 1.36 bits per heavy atom. The Labute approximate surface area is 84.9 Å². The van der Waals surface area contributed by atoms with Crippen LogP contribution in [-0.4, -0.2) is 12.9 Å². The Morgan fingerprint density at radius 3 is 2.71 bits per heavy atom. The molecule has 1 aromatic carbocycles. The SMILES string of the molecule is CCCc1cc(C=O)ccc1OCC. The highest BCUT2D eigenvalue weighted by atomic mass is 16.5. The van der Waals surface area contributed by atoms with Gasteiger partial charge in [0, 0.05) is 5.56 Å². The van der Waals surface area contributed by atoms with Gasteiger partial charge in [0.05, 0.1) is 6.61 Å². The van der Waals surface area contributed by atoms with Crippen molar-refractivity contribution in [1.29, 1.82) is 0 Å². The van der Waals surface area contributed by atoms with E-state index in [1.54, 1.807) is 6.07 Å². The smallest absolute Gasteiger partial charge is 0.150 e. The van der Waals surface area contributed by atoms with Gasteiger partial charge >= 0.3 is 0 Å². The zero-order valence-corrected chi connectivity index (χ0v) is 8.75. The number of rotatable bonds is 5. The van der Waals surface area contributed by atoms with E-state index in [9.17, 15) is 4.79 Å². The van der Waals surface area contributed by atoms with Gasteiger partial charge in [-0.25, -0.2) is 0 Å². The molecular formula is C12H16O2. The fraction of sp³-hybridized carbons (Fsp3) is 0.417. The average Bonchev–Trinajstić information content (AvgIpc) is 2.21. The first-order valence-electron chi connectivity index (χ1n) is 5.02. The lowest BCUT2D eigenvalue weighted by molar-refractivity contribution is 0.112. The minimum absolute atomic E-state index is 0.664. The molecular weight excluding hydrogens is 176 g/mol. The van der Waals surface area contributed by atoms with Crippen LogP contribution in [0.3, 0.4) is 0 Å².